The van der Waals surface area contributed by atoms with E-state index in [0.29, 0.717) is 30.8 Å². The lowest BCUT2D eigenvalue weighted by atomic mass is 9.98. The molecule has 1 aliphatic rings. The minimum atomic E-state index is -3.72. The molecule has 176 valence electrons. The van der Waals surface area contributed by atoms with Crippen molar-refractivity contribution in [3.8, 4) is 5.75 Å². The monoisotopic (exact) mass is 491 g/mol. The van der Waals surface area contributed by atoms with Gasteiger partial charge in [-0.25, -0.2) is 12.8 Å². The fraction of sp³-hybridized carbons (Fsp3) is 0.391. The normalized spacial score (nSPS) is 16.4. The molecule has 0 N–H and O–H groups in total. The van der Waals surface area contributed by atoms with Crippen molar-refractivity contribution < 1.29 is 22.3 Å². The van der Waals surface area contributed by atoms with Crippen LogP contribution in [-0.4, -0.2) is 42.9 Å². The molecule has 10 heteroatoms. The van der Waals surface area contributed by atoms with Crippen LogP contribution in [0.3, 0.4) is 0 Å². The lowest BCUT2D eigenvalue weighted by molar-refractivity contribution is -0.122. The maximum Gasteiger partial charge on any atom is 0.251 e. The van der Waals surface area contributed by atoms with Crippen molar-refractivity contribution in [2.24, 2.45) is 10.9 Å². The summed E-state index contributed by atoms with van der Waals surface area (Å²) in [6.45, 7) is 5.56. The van der Waals surface area contributed by atoms with E-state index in [-0.39, 0.29) is 29.8 Å². The highest BCUT2D eigenvalue weighted by atomic mass is 32.2. The zero-order chi connectivity index (χ0) is 23.6. The minimum Gasteiger partial charge on any atom is -0.492 e. The standard InChI is InChI=1S/C23H26FN3O4S2/c1-3-27-21-19(31-4-2)6-5-7-20(21)32-23(27)25-22(28)16-12-14-26(15-13-16)33(29,30)18-10-8-17(24)9-11-18/h5-11,16H,3-4,12-15H2,1-2H3. The van der Waals surface area contributed by atoms with E-state index < -0.39 is 15.8 Å². The molecule has 2 heterocycles. The average Bonchev–Trinajstić information content (AvgIpc) is 3.17. The number of thiazole rings is 1. The van der Waals surface area contributed by atoms with Gasteiger partial charge in [0, 0.05) is 25.6 Å². The van der Waals surface area contributed by atoms with Crippen LogP contribution < -0.4 is 9.54 Å². The highest BCUT2D eigenvalue weighted by molar-refractivity contribution is 7.89. The van der Waals surface area contributed by atoms with E-state index in [1.165, 1.54) is 27.8 Å². The molecule has 0 bridgehead atoms. The predicted octanol–water partition coefficient (Wildman–Crippen LogP) is 3.79. The number of ether oxygens (including phenoxy) is 1. The third-order valence-corrected chi connectivity index (χ3v) is 8.70. The van der Waals surface area contributed by atoms with Gasteiger partial charge in [0.25, 0.3) is 5.91 Å². The summed E-state index contributed by atoms with van der Waals surface area (Å²) in [5.74, 6) is -0.299. The molecule has 1 saturated heterocycles. The molecule has 1 fully saturated rings. The van der Waals surface area contributed by atoms with Crippen molar-refractivity contribution in [1.29, 1.82) is 0 Å². The molecule has 0 aliphatic carbocycles. The van der Waals surface area contributed by atoms with E-state index in [9.17, 15) is 17.6 Å². The van der Waals surface area contributed by atoms with Crippen molar-refractivity contribution in [3.05, 3.63) is 53.1 Å². The first-order valence-electron chi connectivity index (χ1n) is 10.9. The molecule has 0 saturated carbocycles. The Balaban J connectivity index is 1.53. The van der Waals surface area contributed by atoms with Crippen LogP contribution in [0, 0.1) is 11.7 Å². The Kier molecular flexibility index (Phi) is 6.96. The largest absolute Gasteiger partial charge is 0.492 e. The van der Waals surface area contributed by atoms with Crippen LogP contribution in [0.25, 0.3) is 10.2 Å². The number of aromatic nitrogens is 1. The number of carbonyl (C=O) groups is 1. The van der Waals surface area contributed by atoms with Gasteiger partial charge < -0.3 is 9.30 Å². The third-order valence-electron chi connectivity index (χ3n) is 5.74. The van der Waals surface area contributed by atoms with E-state index in [1.807, 2.05) is 36.6 Å². The predicted molar refractivity (Wildman–Crippen MR) is 125 cm³/mol. The molecule has 0 radical (unpaired) electrons. The Morgan fingerprint density at radius 2 is 1.85 bits per heavy atom. The number of hydrogen-bond donors (Lipinski definition) is 0. The van der Waals surface area contributed by atoms with Crippen molar-refractivity contribution in [2.75, 3.05) is 19.7 Å². The van der Waals surface area contributed by atoms with E-state index in [2.05, 4.69) is 4.99 Å². The van der Waals surface area contributed by atoms with Gasteiger partial charge in [-0.3, -0.25) is 4.79 Å². The average molecular weight is 492 g/mol. The lowest BCUT2D eigenvalue weighted by Crippen LogP contribution is -2.40. The number of nitrogens with zero attached hydrogens (tertiary/aromatic N) is 3. The van der Waals surface area contributed by atoms with Gasteiger partial charge in [0.15, 0.2) is 4.80 Å². The second-order valence-corrected chi connectivity index (χ2v) is 10.7. The molecule has 1 amide bonds. The Labute approximate surface area is 196 Å². The van der Waals surface area contributed by atoms with Gasteiger partial charge in [-0.2, -0.15) is 9.30 Å². The van der Waals surface area contributed by atoms with Crippen LogP contribution in [0.5, 0.6) is 5.75 Å². The molecule has 7 nitrogen and oxygen atoms in total. The molecule has 2 aromatic carbocycles. The number of para-hydroxylation sites is 1. The van der Waals surface area contributed by atoms with E-state index in [0.717, 1.165) is 28.1 Å². The van der Waals surface area contributed by atoms with E-state index in [4.69, 9.17) is 4.74 Å². The zero-order valence-electron chi connectivity index (χ0n) is 18.5. The second-order valence-electron chi connectivity index (χ2n) is 7.75. The van der Waals surface area contributed by atoms with Gasteiger partial charge in [-0.1, -0.05) is 17.4 Å². The number of sulfonamides is 1. The first-order chi connectivity index (χ1) is 15.8. The fourth-order valence-corrected chi connectivity index (χ4v) is 6.62. The van der Waals surface area contributed by atoms with Crippen LogP contribution in [-0.2, 0) is 21.4 Å². The molecule has 0 spiro atoms. The number of amides is 1. The number of aryl methyl sites for hydroxylation is 1. The molecular formula is C23H26FN3O4S2. The Bertz CT molecular complexity index is 1320. The van der Waals surface area contributed by atoms with Crippen LogP contribution >= 0.6 is 11.3 Å². The Hall–Kier alpha value is -2.56. The number of fused-ring (bicyclic) bond motifs is 1. The summed E-state index contributed by atoms with van der Waals surface area (Å²) in [5, 5.41) is 0. The highest BCUT2D eigenvalue weighted by Crippen LogP contribution is 2.28. The quantitative estimate of drug-likeness (QED) is 0.526. The van der Waals surface area contributed by atoms with Gasteiger partial charge in [-0.05, 0) is 63.1 Å². The molecule has 4 rings (SSSR count). The lowest BCUT2D eigenvalue weighted by Gasteiger charge is -2.29. The molecule has 0 atom stereocenters. The zero-order valence-corrected chi connectivity index (χ0v) is 20.2. The Morgan fingerprint density at radius 3 is 2.48 bits per heavy atom. The van der Waals surface area contributed by atoms with Crippen molar-refractivity contribution in [3.63, 3.8) is 0 Å². The Morgan fingerprint density at radius 1 is 1.15 bits per heavy atom. The molecule has 1 aromatic heterocycles. The summed E-state index contributed by atoms with van der Waals surface area (Å²) in [7, 11) is -3.72. The first kappa shape index (κ1) is 23.6. The molecular weight excluding hydrogens is 465 g/mol. The molecule has 33 heavy (non-hydrogen) atoms. The van der Waals surface area contributed by atoms with Crippen LogP contribution in [0.4, 0.5) is 4.39 Å². The number of carbonyl (C=O) groups excluding carboxylic acids is 1. The number of rotatable bonds is 6. The summed E-state index contributed by atoms with van der Waals surface area (Å²) in [5.41, 5.74) is 0.929. The second kappa shape index (κ2) is 9.74. The summed E-state index contributed by atoms with van der Waals surface area (Å²) < 4.78 is 48.9. The SMILES string of the molecule is CCOc1cccc2sc(=NC(=O)C3CCN(S(=O)(=O)c4ccc(F)cc4)CC3)n(CC)c12. The van der Waals surface area contributed by atoms with Crippen LogP contribution in [0.2, 0.25) is 0 Å². The third kappa shape index (κ3) is 4.73. The van der Waals surface area contributed by atoms with Gasteiger partial charge in [0.1, 0.15) is 17.1 Å². The summed E-state index contributed by atoms with van der Waals surface area (Å²) in [4.78, 5) is 18.1. The van der Waals surface area contributed by atoms with Gasteiger partial charge in [-0.15, -0.1) is 0 Å². The summed E-state index contributed by atoms with van der Waals surface area (Å²) in [6.07, 6.45) is 0.786. The molecule has 0 unspecified atom stereocenters. The van der Waals surface area contributed by atoms with Gasteiger partial charge in [0.2, 0.25) is 10.0 Å². The molecule has 3 aromatic rings. The van der Waals surface area contributed by atoms with Crippen molar-refractivity contribution in [2.45, 2.75) is 38.1 Å². The van der Waals surface area contributed by atoms with Gasteiger partial charge in [0.05, 0.1) is 16.2 Å². The first-order valence-corrected chi connectivity index (χ1v) is 13.2. The fourth-order valence-electron chi connectivity index (χ4n) is 4.03. The van der Waals surface area contributed by atoms with E-state index in [1.54, 1.807) is 0 Å². The van der Waals surface area contributed by atoms with Gasteiger partial charge >= 0.3 is 0 Å². The maximum atomic E-state index is 13.2. The summed E-state index contributed by atoms with van der Waals surface area (Å²) in [6, 6.07) is 10.6. The highest BCUT2D eigenvalue weighted by Gasteiger charge is 2.32. The number of piperidine rings is 1. The van der Waals surface area contributed by atoms with Crippen molar-refractivity contribution in [1.82, 2.24) is 8.87 Å². The van der Waals surface area contributed by atoms with Crippen LogP contribution in [0.1, 0.15) is 26.7 Å². The minimum absolute atomic E-state index is 0.0535. The van der Waals surface area contributed by atoms with E-state index >= 15 is 0 Å². The molecule has 1 aliphatic heterocycles. The maximum absolute atomic E-state index is 13.2. The topological polar surface area (TPSA) is 81.0 Å². The van der Waals surface area contributed by atoms with Crippen LogP contribution in [0.15, 0.2) is 52.4 Å². The number of benzene rings is 2. The number of hydrogen-bond acceptors (Lipinski definition) is 5. The smallest absolute Gasteiger partial charge is 0.251 e. The number of halogens is 1. The van der Waals surface area contributed by atoms with Crippen molar-refractivity contribution >= 4 is 37.5 Å². The summed E-state index contributed by atoms with van der Waals surface area (Å²) >= 11 is 1.44.